The fourth-order valence-corrected chi connectivity index (χ4v) is 5.34. The monoisotopic (exact) mass is 410 g/mol. The molecule has 2 aliphatic heterocycles. The van der Waals surface area contributed by atoms with Crippen molar-refractivity contribution in [2.24, 2.45) is 5.92 Å². The van der Waals surface area contributed by atoms with E-state index < -0.39 is 0 Å². The van der Waals surface area contributed by atoms with E-state index in [2.05, 4.69) is 11.8 Å². The number of methoxy groups -OCH3 is 1. The van der Waals surface area contributed by atoms with Crippen LogP contribution in [0, 0.1) is 5.92 Å². The first-order valence-corrected chi connectivity index (χ1v) is 11.6. The van der Waals surface area contributed by atoms with Gasteiger partial charge in [0.25, 0.3) is 11.8 Å². The topological polar surface area (TPSA) is 49.9 Å². The lowest BCUT2D eigenvalue weighted by atomic mass is 9.95. The van der Waals surface area contributed by atoms with Crippen LogP contribution in [0.15, 0.2) is 30.0 Å². The van der Waals surface area contributed by atoms with Crippen LogP contribution < -0.4 is 4.74 Å². The summed E-state index contributed by atoms with van der Waals surface area (Å²) < 4.78 is 5.58. The largest absolute Gasteiger partial charge is 0.496 e. The molecule has 5 heteroatoms. The Morgan fingerprint density at radius 1 is 0.900 bits per heavy atom. The number of rotatable bonds is 4. The molecule has 2 heterocycles. The Kier molecular flexibility index (Phi) is 6.45. The molecule has 30 heavy (non-hydrogen) atoms. The summed E-state index contributed by atoms with van der Waals surface area (Å²) in [6, 6.07) is 7.61. The summed E-state index contributed by atoms with van der Waals surface area (Å²) in [6.07, 6.45) is 9.86. The average Bonchev–Trinajstić information content (AvgIpc) is 2.98. The highest BCUT2D eigenvalue weighted by Crippen LogP contribution is 2.39. The molecule has 5 nitrogen and oxygen atoms in total. The highest BCUT2D eigenvalue weighted by Gasteiger charge is 2.45. The number of amides is 2. The molecule has 1 aromatic rings. The van der Waals surface area contributed by atoms with Crippen LogP contribution in [-0.4, -0.2) is 47.9 Å². The first-order valence-electron chi connectivity index (χ1n) is 11.6. The summed E-state index contributed by atoms with van der Waals surface area (Å²) in [7, 11) is 1.62. The highest BCUT2D eigenvalue weighted by atomic mass is 16.5. The van der Waals surface area contributed by atoms with Gasteiger partial charge in [-0.3, -0.25) is 14.5 Å². The molecule has 1 aromatic carbocycles. The molecule has 1 atom stereocenters. The molecule has 162 valence electrons. The Bertz CT molecular complexity index is 823. The van der Waals surface area contributed by atoms with Gasteiger partial charge in [0.05, 0.1) is 12.7 Å². The summed E-state index contributed by atoms with van der Waals surface area (Å²) in [4.78, 5) is 31.3. The van der Waals surface area contributed by atoms with Gasteiger partial charge < -0.3 is 9.64 Å². The zero-order valence-electron chi connectivity index (χ0n) is 18.4. The predicted octanol–water partition coefficient (Wildman–Crippen LogP) is 4.62. The van der Waals surface area contributed by atoms with Gasteiger partial charge in [-0.15, -0.1) is 0 Å². The van der Waals surface area contributed by atoms with Crippen LogP contribution in [0.5, 0.6) is 5.75 Å². The van der Waals surface area contributed by atoms with E-state index in [0.717, 1.165) is 50.8 Å². The minimum atomic E-state index is -0.136. The molecule has 0 radical (unpaired) electrons. The van der Waals surface area contributed by atoms with Crippen LogP contribution in [-0.2, 0) is 9.59 Å². The second-order valence-corrected chi connectivity index (χ2v) is 9.10. The van der Waals surface area contributed by atoms with Gasteiger partial charge in [-0.2, -0.15) is 0 Å². The van der Waals surface area contributed by atoms with E-state index in [0.29, 0.717) is 22.9 Å². The van der Waals surface area contributed by atoms with Crippen LogP contribution in [0.1, 0.15) is 70.3 Å². The maximum atomic E-state index is 13.8. The van der Waals surface area contributed by atoms with Gasteiger partial charge in [-0.25, -0.2) is 0 Å². The number of carbonyl (C=O) groups is 2. The van der Waals surface area contributed by atoms with Gasteiger partial charge in [0, 0.05) is 24.7 Å². The molecular weight excluding hydrogens is 376 g/mol. The smallest absolute Gasteiger partial charge is 0.278 e. The van der Waals surface area contributed by atoms with Gasteiger partial charge in [0.15, 0.2) is 0 Å². The van der Waals surface area contributed by atoms with Crippen molar-refractivity contribution in [3.63, 3.8) is 0 Å². The fraction of sp³-hybridized carbons (Fsp3) is 0.600. The average molecular weight is 411 g/mol. The molecule has 0 aromatic heterocycles. The number of carbonyl (C=O) groups excluding carboxylic acids is 2. The molecular formula is C25H34N2O3. The molecule has 0 N–H and O–H groups in total. The Morgan fingerprint density at radius 3 is 2.30 bits per heavy atom. The van der Waals surface area contributed by atoms with Crippen molar-refractivity contribution >= 4 is 17.4 Å². The Hall–Kier alpha value is -2.30. The number of para-hydroxylation sites is 1. The molecule has 0 spiro atoms. The van der Waals surface area contributed by atoms with E-state index in [1.807, 2.05) is 24.3 Å². The number of nitrogens with zero attached hydrogens (tertiary/aromatic N) is 2. The summed E-state index contributed by atoms with van der Waals surface area (Å²) in [5.41, 5.74) is 1.87. The lowest BCUT2D eigenvalue weighted by Crippen LogP contribution is -2.44. The van der Waals surface area contributed by atoms with E-state index in [-0.39, 0.29) is 17.9 Å². The van der Waals surface area contributed by atoms with Crippen LogP contribution in [0.2, 0.25) is 0 Å². The summed E-state index contributed by atoms with van der Waals surface area (Å²) in [6.45, 7) is 3.88. The maximum absolute atomic E-state index is 13.8. The molecule has 4 rings (SSSR count). The zero-order chi connectivity index (χ0) is 21.1. The quantitative estimate of drug-likeness (QED) is 0.680. The molecule has 1 aliphatic carbocycles. The summed E-state index contributed by atoms with van der Waals surface area (Å²) in [5, 5.41) is 0. The number of hydrogen-bond donors (Lipinski definition) is 0. The lowest BCUT2D eigenvalue weighted by molar-refractivity contribution is -0.140. The SMILES string of the molecule is COc1ccccc1C1=C(N2CCCC(C)C2)C(=O)N(C2CCCCCCC2)C1=O. The van der Waals surface area contributed by atoms with E-state index >= 15 is 0 Å². The highest BCUT2D eigenvalue weighted by molar-refractivity contribution is 6.36. The van der Waals surface area contributed by atoms with Crippen molar-refractivity contribution in [3.8, 4) is 5.75 Å². The molecule has 1 unspecified atom stereocenters. The molecule has 2 amide bonds. The van der Waals surface area contributed by atoms with E-state index in [1.54, 1.807) is 12.0 Å². The van der Waals surface area contributed by atoms with E-state index in [9.17, 15) is 9.59 Å². The second kappa shape index (κ2) is 9.23. The second-order valence-electron chi connectivity index (χ2n) is 9.10. The van der Waals surface area contributed by atoms with Crippen molar-refractivity contribution in [3.05, 3.63) is 35.5 Å². The first-order chi connectivity index (χ1) is 14.6. The Labute approximate surface area is 180 Å². The van der Waals surface area contributed by atoms with Crippen LogP contribution in [0.3, 0.4) is 0 Å². The van der Waals surface area contributed by atoms with Crippen LogP contribution in [0.25, 0.3) is 5.57 Å². The van der Waals surface area contributed by atoms with Gasteiger partial charge >= 0.3 is 0 Å². The van der Waals surface area contributed by atoms with Crippen molar-refractivity contribution < 1.29 is 14.3 Å². The fourth-order valence-electron chi connectivity index (χ4n) is 5.34. The van der Waals surface area contributed by atoms with Gasteiger partial charge in [-0.05, 0) is 37.7 Å². The third kappa shape index (κ3) is 3.99. The number of imide groups is 1. The summed E-state index contributed by atoms with van der Waals surface area (Å²) in [5.74, 6) is 0.933. The number of piperidine rings is 1. The minimum absolute atomic E-state index is 0.00900. The predicted molar refractivity (Wildman–Crippen MR) is 118 cm³/mol. The van der Waals surface area contributed by atoms with Crippen LogP contribution >= 0.6 is 0 Å². The van der Waals surface area contributed by atoms with Crippen LogP contribution in [0.4, 0.5) is 0 Å². The van der Waals surface area contributed by atoms with Crippen molar-refractivity contribution in [1.29, 1.82) is 0 Å². The Balaban J connectivity index is 1.76. The van der Waals surface area contributed by atoms with E-state index in [4.69, 9.17) is 4.74 Å². The summed E-state index contributed by atoms with van der Waals surface area (Å²) >= 11 is 0. The molecule has 0 bridgehead atoms. The molecule has 3 aliphatic rings. The van der Waals surface area contributed by atoms with Gasteiger partial charge in [0.2, 0.25) is 0 Å². The number of ether oxygens (including phenoxy) is 1. The maximum Gasteiger partial charge on any atom is 0.278 e. The third-order valence-electron chi connectivity index (χ3n) is 6.88. The molecule has 1 saturated heterocycles. The number of hydrogen-bond acceptors (Lipinski definition) is 4. The number of benzene rings is 1. The first kappa shape index (κ1) is 21.0. The minimum Gasteiger partial charge on any atom is -0.496 e. The van der Waals surface area contributed by atoms with Gasteiger partial charge in [0.1, 0.15) is 11.4 Å². The Morgan fingerprint density at radius 2 is 1.60 bits per heavy atom. The number of likely N-dealkylation sites (tertiary alicyclic amines) is 1. The standard InChI is InChI=1S/C25H34N2O3/c1-18-11-10-16-26(17-18)23-22(20-14-8-9-15-21(20)30-2)24(28)27(25(23)29)19-12-6-4-3-5-7-13-19/h8-9,14-15,18-19H,3-7,10-13,16-17H2,1-2H3. The van der Waals surface area contributed by atoms with Crippen molar-refractivity contribution in [2.45, 2.75) is 70.8 Å². The lowest BCUT2D eigenvalue weighted by Gasteiger charge is -2.34. The van der Waals surface area contributed by atoms with Gasteiger partial charge in [-0.1, -0.05) is 57.2 Å². The zero-order valence-corrected chi connectivity index (χ0v) is 18.4. The third-order valence-corrected chi connectivity index (χ3v) is 6.88. The normalized spacial score (nSPS) is 24.3. The van der Waals surface area contributed by atoms with Crippen molar-refractivity contribution in [1.82, 2.24) is 9.80 Å². The molecule has 1 saturated carbocycles. The molecule has 2 fully saturated rings. The van der Waals surface area contributed by atoms with E-state index in [1.165, 1.54) is 25.7 Å². The van der Waals surface area contributed by atoms with Crippen molar-refractivity contribution in [2.75, 3.05) is 20.2 Å².